The van der Waals surface area contributed by atoms with Crippen molar-refractivity contribution in [2.24, 2.45) is 0 Å². The molecular formula is C20H19N3O. The van der Waals surface area contributed by atoms with Crippen LogP contribution >= 0.6 is 0 Å². The van der Waals surface area contributed by atoms with Crippen molar-refractivity contribution in [1.82, 2.24) is 14.8 Å². The van der Waals surface area contributed by atoms with Crippen LogP contribution in [0.2, 0.25) is 0 Å². The molecule has 0 spiro atoms. The van der Waals surface area contributed by atoms with E-state index in [-0.39, 0.29) is 12.1 Å². The van der Waals surface area contributed by atoms with E-state index in [1.165, 1.54) is 27.7 Å². The summed E-state index contributed by atoms with van der Waals surface area (Å²) in [5.74, 6) is 0. The van der Waals surface area contributed by atoms with Crippen molar-refractivity contribution in [3.05, 3.63) is 71.4 Å². The molecule has 2 amide bonds. The Morgan fingerprint density at radius 2 is 1.83 bits per heavy atom. The maximum absolute atomic E-state index is 12.8. The van der Waals surface area contributed by atoms with Crippen LogP contribution in [0.5, 0.6) is 0 Å². The molecule has 1 unspecified atom stereocenters. The van der Waals surface area contributed by atoms with Gasteiger partial charge in [0.15, 0.2) is 0 Å². The Morgan fingerprint density at radius 3 is 2.71 bits per heavy atom. The number of carbonyl (C=O) groups excluding carboxylic acids is 1. The Kier molecular flexibility index (Phi) is 2.92. The summed E-state index contributed by atoms with van der Waals surface area (Å²) in [7, 11) is 0. The van der Waals surface area contributed by atoms with Gasteiger partial charge in [-0.15, -0.1) is 0 Å². The molecule has 5 rings (SSSR count). The molecule has 24 heavy (non-hydrogen) atoms. The van der Waals surface area contributed by atoms with E-state index in [1.807, 2.05) is 28.0 Å². The lowest BCUT2D eigenvalue weighted by atomic mass is 9.98. The summed E-state index contributed by atoms with van der Waals surface area (Å²) in [5, 5.41) is 1.31. The SMILES string of the molecule is O=C1N(Cc2ccccc2)CC2Cc3c([nH]c4ccccc34)CN12. The number of benzene rings is 2. The number of rotatable bonds is 2. The van der Waals surface area contributed by atoms with Crippen molar-refractivity contribution in [3.63, 3.8) is 0 Å². The average molecular weight is 317 g/mol. The normalized spacial score (nSPS) is 19.7. The third-order valence-corrected chi connectivity index (χ3v) is 5.27. The van der Waals surface area contributed by atoms with E-state index in [2.05, 4.69) is 41.4 Å². The van der Waals surface area contributed by atoms with Crippen LogP contribution in [0.15, 0.2) is 54.6 Å². The van der Waals surface area contributed by atoms with Crippen LogP contribution in [0.25, 0.3) is 10.9 Å². The maximum atomic E-state index is 12.8. The smallest absolute Gasteiger partial charge is 0.321 e. The Labute approximate surface area is 140 Å². The highest BCUT2D eigenvalue weighted by atomic mass is 16.2. The Hall–Kier alpha value is -2.75. The minimum atomic E-state index is 0.160. The number of hydrogen-bond donors (Lipinski definition) is 1. The molecule has 0 saturated carbocycles. The topological polar surface area (TPSA) is 39.3 Å². The summed E-state index contributed by atoms with van der Waals surface area (Å²) in [6, 6.07) is 19.1. The highest BCUT2D eigenvalue weighted by Gasteiger charge is 2.41. The van der Waals surface area contributed by atoms with Crippen molar-refractivity contribution < 1.29 is 4.79 Å². The molecule has 2 aromatic carbocycles. The number of para-hydroxylation sites is 1. The van der Waals surface area contributed by atoms with Gasteiger partial charge in [-0.3, -0.25) is 0 Å². The Morgan fingerprint density at radius 1 is 1.04 bits per heavy atom. The second kappa shape index (κ2) is 5.13. The fourth-order valence-corrected chi connectivity index (χ4v) is 4.11. The molecule has 0 aliphatic carbocycles. The summed E-state index contributed by atoms with van der Waals surface area (Å²) in [5.41, 5.74) is 4.95. The minimum Gasteiger partial charge on any atom is -0.357 e. The maximum Gasteiger partial charge on any atom is 0.321 e. The summed E-state index contributed by atoms with van der Waals surface area (Å²) in [4.78, 5) is 20.3. The van der Waals surface area contributed by atoms with Gasteiger partial charge in [0.1, 0.15) is 0 Å². The molecular weight excluding hydrogens is 298 g/mol. The number of amides is 2. The van der Waals surface area contributed by atoms with E-state index in [0.717, 1.165) is 13.0 Å². The Bertz CT molecular complexity index is 915. The average Bonchev–Trinajstić information content (AvgIpc) is 3.12. The van der Waals surface area contributed by atoms with E-state index in [9.17, 15) is 4.79 Å². The molecule has 2 aliphatic heterocycles. The van der Waals surface area contributed by atoms with Gasteiger partial charge in [0, 0.05) is 29.7 Å². The second-order valence-electron chi connectivity index (χ2n) is 6.76. The molecule has 1 saturated heterocycles. The molecule has 4 nitrogen and oxygen atoms in total. The van der Waals surface area contributed by atoms with Crippen molar-refractivity contribution >= 4 is 16.9 Å². The first-order valence-electron chi connectivity index (χ1n) is 8.47. The zero-order valence-electron chi connectivity index (χ0n) is 13.4. The van der Waals surface area contributed by atoms with Crippen molar-refractivity contribution in [2.45, 2.75) is 25.6 Å². The van der Waals surface area contributed by atoms with Crippen LogP contribution in [-0.2, 0) is 19.5 Å². The number of hydrogen-bond acceptors (Lipinski definition) is 1. The number of nitrogens with one attached hydrogen (secondary N) is 1. The molecule has 2 aliphatic rings. The molecule has 0 bridgehead atoms. The highest BCUT2D eigenvalue weighted by Crippen LogP contribution is 2.33. The number of nitrogens with zero attached hydrogens (tertiary/aromatic N) is 2. The standard InChI is InChI=1S/C20H19N3O/c24-20-22(11-14-6-2-1-3-7-14)12-15-10-17-16-8-4-5-9-18(16)21-19(17)13-23(15)20/h1-9,15,21H,10-13H2. The number of fused-ring (bicyclic) bond motifs is 4. The van der Waals surface area contributed by atoms with Crippen LogP contribution in [0.3, 0.4) is 0 Å². The number of urea groups is 1. The fraction of sp³-hybridized carbons (Fsp3) is 0.250. The van der Waals surface area contributed by atoms with E-state index < -0.39 is 0 Å². The van der Waals surface area contributed by atoms with E-state index in [0.29, 0.717) is 13.1 Å². The molecule has 1 atom stereocenters. The molecule has 1 N–H and O–H groups in total. The first-order chi connectivity index (χ1) is 11.8. The molecule has 1 fully saturated rings. The second-order valence-corrected chi connectivity index (χ2v) is 6.76. The highest BCUT2D eigenvalue weighted by molar-refractivity contribution is 5.86. The van der Waals surface area contributed by atoms with Crippen molar-refractivity contribution in [3.8, 4) is 0 Å². The number of aromatic nitrogens is 1. The van der Waals surface area contributed by atoms with Crippen molar-refractivity contribution in [1.29, 1.82) is 0 Å². The zero-order valence-corrected chi connectivity index (χ0v) is 13.4. The van der Waals surface area contributed by atoms with Gasteiger partial charge in [-0.25, -0.2) is 4.79 Å². The first-order valence-corrected chi connectivity index (χ1v) is 8.47. The summed E-state index contributed by atoms with van der Waals surface area (Å²) in [6.45, 7) is 2.20. The number of carbonyl (C=O) groups is 1. The van der Waals surface area contributed by atoms with E-state index >= 15 is 0 Å². The molecule has 4 heteroatoms. The van der Waals surface area contributed by atoms with Gasteiger partial charge in [-0.1, -0.05) is 48.5 Å². The minimum absolute atomic E-state index is 0.160. The van der Waals surface area contributed by atoms with E-state index in [1.54, 1.807) is 0 Å². The Balaban J connectivity index is 1.43. The van der Waals surface area contributed by atoms with Gasteiger partial charge in [-0.2, -0.15) is 0 Å². The lowest BCUT2D eigenvalue weighted by Crippen LogP contribution is -2.38. The van der Waals surface area contributed by atoms with Crippen LogP contribution < -0.4 is 0 Å². The van der Waals surface area contributed by atoms with Crippen LogP contribution in [0.4, 0.5) is 4.79 Å². The van der Waals surface area contributed by atoms with Crippen molar-refractivity contribution in [2.75, 3.05) is 6.54 Å². The predicted molar refractivity (Wildman–Crippen MR) is 93.6 cm³/mol. The molecule has 1 aromatic heterocycles. The van der Waals surface area contributed by atoms with Crippen LogP contribution in [0.1, 0.15) is 16.8 Å². The number of H-pyrrole nitrogens is 1. The van der Waals surface area contributed by atoms with Crippen LogP contribution in [0, 0.1) is 0 Å². The monoisotopic (exact) mass is 317 g/mol. The van der Waals surface area contributed by atoms with Gasteiger partial charge in [-0.05, 0) is 23.6 Å². The third kappa shape index (κ3) is 2.03. The zero-order chi connectivity index (χ0) is 16.1. The summed E-state index contributed by atoms with van der Waals surface area (Å²) < 4.78 is 0. The first kappa shape index (κ1) is 13.7. The van der Waals surface area contributed by atoms with Gasteiger partial charge in [0.05, 0.1) is 12.6 Å². The molecule has 120 valence electrons. The van der Waals surface area contributed by atoms with Gasteiger partial charge < -0.3 is 14.8 Å². The third-order valence-electron chi connectivity index (χ3n) is 5.27. The quantitative estimate of drug-likeness (QED) is 0.771. The molecule has 0 radical (unpaired) electrons. The lowest BCUT2D eigenvalue weighted by molar-refractivity contribution is 0.179. The lowest BCUT2D eigenvalue weighted by Gasteiger charge is -2.28. The van der Waals surface area contributed by atoms with Crippen LogP contribution in [-0.4, -0.2) is 33.4 Å². The summed E-state index contributed by atoms with van der Waals surface area (Å²) >= 11 is 0. The molecule has 3 heterocycles. The van der Waals surface area contributed by atoms with Gasteiger partial charge >= 0.3 is 6.03 Å². The molecule has 3 aromatic rings. The van der Waals surface area contributed by atoms with Gasteiger partial charge in [0.2, 0.25) is 0 Å². The van der Waals surface area contributed by atoms with E-state index in [4.69, 9.17) is 0 Å². The number of aromatic amines is 1. The predicted octanol–water partition coefficient (Wildman–Crippen LogP) is 3.53. The van der Waals surface area contributed by atoms with Gasteiger partial charge in [0.25, 0.3) is 0 Å². The largest absolute Gasteiger partial charge is 0.357 e. The summed E-state index contributed by atoms with van der Waals surface area (Å²) in [6.07, 6.45) is 0.941. The fourth-order valence-electron chi connectivity index (χ4n) is 4.11.